The minimum absolute atomic E-state index is 0.409. The molecule has 0 aromatic heterocycles. The van der Waals surface area contributed by atoms with E-state index in [1.165, 1.54) is 30.4 Å². The second-order valence-electron chi connectivity index (χ2n) is 12.7. The Morgan fingerprint density at radius 2 is 1.41 bits per heavy atom. The first-order chi connectivity index (χ1) is 10.3. The van der Waals surface area contributed by atoms with Gasteiger partial charge in [-0.25, -0.2) is 0 Å². The zero-order chi connectivity index (χ0) is 14.4. The van der Waals surface area contributed by atoms with Crippen LogP contribution in [0, 0.1) is 13.8 Å². The first-order valence-corrected chi connectivity index (χ1v) is 15.3. The van der Waals surface area contributed by atoms with Gasteiger partial charge in [-0.2, -0.15) is 0 Å². The van der Waals surface area contributed by atoms with Gasteiger partial charge in [0, 0.05) is 0 Å². The fourth-order valence-electron chi connectivity index (χ4n) is 19.5. The number of aryl methyl sites for hydroxylation is 2. The summed E-state index contributed by atoms with van der Waals surface area (Å²) in [7, 11) is 0. The Morgan fingerprint density at radius 3 is 1.77 bits per heavy atom. The molecule has 8 unspecified atom stereocenters. The zero-order valence-electron chi connectivity index (χ0n) is 13.1. The van der Waals surface area contributed by atoms with Gasteiger partial charge in [0.2, 0.25) is 0 Å². The van der Waals surface area contributed by atoms with Crippen molar-refractivity contribution in [1.82, 2.24) is 0 Å². The van der Waals surface area contributed by atoms with Crippen molar-refractivity contribution in [1.29, 1.82) is 0 Å². The van der Waals surface area contributed by atoms with E-state index in [4.69, 9.17) is 0 Å². The van der Waals surface area contributed by atoms with Crippen LogP contribution in [0.4, 0.5) is 0 Å². The molecule has 2 heteroatoms. The van der Waals surface area contributed by atoms with Crippen LogP contribution in [-0.4, -0.2) is 5.78 Å². The summed E-state index contributed by atoms with van der Waals surface area (Å²) in [6.07, 6.45) is 0. The van der Waals surface area contributed by atoms with Gasteiger partial charge >= 0.3 is 120 Å². The summed E-state index contributed by atoms with van der Waals surface area (Å²) in [6, 6.07) is 7.46. The molecule has 10 aliphatic heterocycles. The average molecular weight is 332 g/mol. The first kappa shape index (κ1) is 9.04. The Hall–Kier alpha value is -0.591. The predicted molar refractivity (Wildman–Crippen MR) is 81.0 cm³/mol. The van der Waals surface area contributed by atoms with Crippen LogP contribution in [0.25, 0.3) is 0 Å². The molecule has 0 bridgehead atoms. The maximum absolute atomic E-state index is 12.9. The van der Waals surface area contributed by atoms with Gasteiger partial charge in [-0.15, -0.1) is 0 Å². The van der Waals surface area contributed by atoms with Crippen LogP contribution in [-0.2, 0) is 15.6 Å². The number of carbonyl (C=O) groups excluding carboxylic acids is 1. The minimum atomic E-state index is -3.53. The number of rotatable bonds is 2. The zero-order valence-corrected chi connectivity index (χ0v) is 14.2. The third-order valence-corrected chi connectivity index (χ3v) is 59.9. The van der Waals surface area contributed by atoms with Crippen molar-refractivity contribution in [2.45, 2.75) is 67.9 Å². The molecule has 0 saturated carbocycles. The summed E-state index contributed by atoms with van der Waals surface area (Å²) in [5.41, 5.74) is 4.68. The van der Waals surface area contributed by atoms with Crippen LogP contribution in [0.5, 0.6) is 0 Å². The summed E-state index contributed by atoms with van der Waals surface area (Å²) in [5.74, 6) is 0.697. The van der Waals surface area contributed by atoms with Crippen molar-refractivity contribution in [3.05, 3.63) is 34.9 Å². The van der Waals surface area contributed by atoms with E-state index in [2.05, 4.69) is 32.0 Å². The fourth-order valence-corrected chi connectivity index (χ4v) is 96.0. The van der Waals surface area contributed by atoms with Crippen LogP contribution in [0.15, 0.2) is 18.2 Å². The Bertz CT molecular complexity index is 1360. The molecular weight excluding hydrogens is 312 g/mol. The Balaban J connectivity index is 1.47. The van der Waals surface area contributed by atoms with Crippen molar-refractivity contribution in [3.63, 3.8) is 0 Å². The molecule has 1 aromatic carbocycles. The molecule has 0 amide bonds. The number of hydrogen-bond acceptors (Lipinski definition) is 1. The predicted octanol–water partition coefficient (Wildman–Crippen LogP) is 5.06. The molecule has 0 aliphatic carbocycles. The van der Waals surface area contributed by atoms with Gasteiger partial charge in [0.15, 0.2) is 0 Å². The van der Waals surface area contributed by atoms with Gasteiger partial charge in [0.25, 0.3) is 0 Å². The van der Waals surface area contributed by atoms with E-state index in [-0.39, 0.29) is 0 Å². The van der Waals surface area contributed by atoms with Crippen LogP contribution < -0.4 is 0 Å². The number of Topliss-reactive ketones (excluding diaryl/α,β-unsaturated/α-hetero) is 1. The van der Waals surface area contributed by atoms with Crippen molar-refractivity contribution >= 4 is 5.78 Å². The van der Waals surface area contributed by atoms with Gasteiger partial charge < -0.3 is 0 Å². The molecule has 8 atom stereocenters. The number of ketones is 1. The number of benzene rings is 1. The van der Waals surface area contributed by atoms with Crippen LogP contribution >= 0.6 is 0 Å². The Kier molecular flexibility index (Phi) is 0.347. The Morgan fingerprint density at radius 1 is 0.909 bits per heavy atom. The summed E-state index contributed by atoms with van der Waals surface area (Å²) >= 11 is 0. The van der Waals surface area contributed by atoms with E-state index >= 15 is 0 Å². The third kappa shape index (κ3) is 0.106. The second-order valence-corrected chi connectivity index (χ2v) is 35.9. The molecule has 0 N–H and O–H groups in total. The quantitative estimate of drug-likeness (QED) is 0.692. The standard InChI is InChI=1S/C13H13.C7H7O.Fe/c1-10-7-11(2)9-13(8-10)12-5-3-4-6-12;1-6(8)7-4-2-3-5-7;/h3-9H,1-2H3;2-5H,1H3;. The third-order valence-electron chi connectivity index (χ3n) is 17.0. The van der Waals surface area contributed by atoms with E-state index < -0.39 is 6.51 Å². The maximum atomic E-state index is 12.9. The molecule has 10 heterocycles. The van der Waals surface area contributed by atoms with Gasteiger partial charge in [0.1, 0.15) is 0 Å². The fraction of sp³-hybridized carbons (Fsp3) is 0.650. The SMILES string of the molecule is CC(=O)[C]12[CH]3[CH]4[CH]5[CH]1[Fe]45321678[CH]2[CH]1[CH]6[C]7(c1cc(C)cc(C)c1)[CH]28. The summed E-state index contributed by atoms with van der Waals surface area (Å²) in [5, 5.41) is 0. The molecular formula is C20H20FeO. The van der Waals surface area contributed by atoms with Crippen LogP contribution in [0.2, 0.25) is 42.8 Å². The number of fused-ring (bicyclic) bond motifs is 10. The van der Waals surface area contributed by atoms with Gasteiger partial charge in [-0.3, -0.25) is 0 Å². The Labute approximate surface area is 120 Å². The molecule has 10 fully saturated rings. The molecule has 10 aliphatic rings. The average Bonchev–Trinajstić information content (AvgIpc) is 3.39. The van der Waals surface area contributed by atoms with E-state index in [1.807, 2.05) is 6.92 Å². The first-order valence-electron chi connectivity index (χ1n) is 9.08. The summed E-state index contributed by atoms with van der Waals surface area (Å²) < 4.78 is 1.10. The van der Waals surface area contributed by atoms with Gasteiger partial charge in [-0.1, -0.05) is 0 Å². The van der Waals surface area contributed by atoms with E-state index in [9.17, 15) is 4.79 Å². The summed E-state index contributed by atoms with van der Waals surface area (Å²) in [6.45, 7) is 3.04. The van der Waals surface area contributed by atoms with Crippen molar-refractivity contribution < 1.29 is 11.3 Å². The van der Waals surface area contributed by atoms with E-state index in [0.717, 1.165) is 19.3 Å². The molecule has 114 valence electrons. The topological polar surface area (TPSA) is 17.1 Å². The molecule has 1 spiro atoms. The van der Waals surface area contributed by atoms with Crippen LogP contribution in [0.3, 0.4) is 0 Å². The second kappa shape index (κ2) is 0.845. The van der Waals surface area contributed by atoms with Gasteiger partial charge in [-0.05, 0) is 0 Å². The molecule has 11 rings (SSSR count). The normalized spacial score (nSPS) is 98.0. The number of hydrogen-bond donors (Lipinski definition) is 0. The summed E-state index contributed by atoms with van der Waals surface area (Å²) in [4.78, 5) is 22.2. The van der Waals surface area contributed by atoms with Crippen LogP contribution in [0.1, 0.15) is 23.6 Å². The molecule has 1 aromatic rings. The molecule has 1 nitrogen and oxygen atoms in total. The van der Waals surface area contributed by atoms with Crippen molar-refractivity contribution in [2.24, 2.45) is 0 Å². The number of carbonyl (C=O) groups is 1. The molecule has 10 saturated heterocycles. The van der Waals surface area contributed by atoms with Crippen molar-refractivity contribution in [3.8, 4) is 0 Å². The monoisotopic (exact) mass is 332 g/mol. The van der Waals surface area contributed by atoms with E-state index in [1.54, 1.807) is 5.56 Å². The molecule has 22 heavy (non-hydrogen) atoms. The van der Waals surface area contributed by atoms with Gasteiger partial charge in [0.05, 0.1) is 0 Å². The van der Waals surface area contributed by atoms with E-state index in [0.29, 0.717) is 14.4 Å². The molecule has 0 radical (unpaired) electrons. The van der Waals surface area contributed by atoms with Crippen molar-refractivity contribution in [2.75, 3.05) is 0 Å².